The van der Waals surface area contributed by atoms with Crippen LogP contribution in [0.25, 0.3) is 11.1 Å². The predicted molar refractivity (Wildman–Crippen MR) is 73.4 cm³/mol. The molecule has 0 aliphatic heterocycles. The fourth-order valence-corrected chi connectivity index (χ4v) is 2.74. The highest BCUT2D eigenvalue weighted by Gasteiger charge is 2.25. The monoisotopic (exact) mass is 237 g/mol. The van der Waals surface area contributed by atoms with E-state index in [-0.39, 0.29) is 0 Å². The summed E-state index contributed by atoms with van der Waals surface area (Å²) in [6.45, 7) is 4.04. The van der Waals surface area contributed by atoms with Crippen LogP contribution in [-0.2, 0) is 0 Å². The van der Waals surface area contributed by atoms with Crippen LogP contribution in [0.2, 0.25) is 0 Å². The number of oxime groups is 1. The summed E-state index contributed by atoms with van der Waals surface area (Å²) >= 11 is 0. The summed E-state index contributed by atoms with van der Waals surface area (Å²) in [4.78, 5) is 0. The molecule has 1 unspecified atom stereocenters. The summed E-state index contributed by atoms with van der Waals surface area (Å²) < 4.78 is 0. The van der Waals surface area contributed by atoms with E-state index in [1.54, 1.807) is 0 Å². The van der Waals surface area contributed by atoms with Gasteiger partial charge in [-0.25, -0.2) is 0 Å². The maximum absolute atomic E-state index is 8.86. The third-order valence-corrected chi connectivity index (χ3v) is 3.80. The molecule has 3 rings (SSSR count). The molecule has 0 saturated carbocycles. The van der Waals surface area contributed by atoms with E-state index < -0.39 is 0 Å². The molecule has 2 heteroatoms. The third-order valence-electron chi connectivity index (χ3n) is 3.80. The first-order valence-corrected chi connectivity index (χ1v) is 6.14. The minimum absolute atomic E-state index is 0.405. The van der Waals surface area contributed by atoms with Crippen LogP contribution < -0.4 is 0 Å². The van der Waals surface area contributed by atoms with Gasteiger partial charge in [0.05, 0.1) is 5.71 Å². The van der Waals surface area contributed by atoms with E-state index in [9.17, 15) is 0 Å². The SMILES string of the molecule is C/C(=N\O)c1ccc2c(c1)C(C)c1ccccc1-2. The number of rotatable bonds is 1. The van der Waals surface area contributed by atoms with Crippen LogP contribution in [0.1, 0.15) is 36.5 Å². The fraction of sp³-hybridized carbons (Fsp3) is 0.188. The molecule has 1 atom stereocenters. The van der Waals surface area contributed by atoms with Crippen molar-refractivity contribution in [2.75, 3.05) is 0 Å². The van der Waals surface area contributed by atoms with Crippen molar-refractivity contribution in [1.82, 2.24) is 0 Å². The van der Waals surface area contributed by atoms with E-state index in [0.717, 1.165) is 5.56 Å². The van der Waals surface area contributed by atoms with Gasteiger partial charge in [0.15, 0.2) is 0 Å². The standard InChI is InChI=1S/C16H15NO/c1-10-13-5-3-4-6-14(13)15-8-7-12(9-16(10)15)11(2)17-18/h3-10,18H,1-2H3/b17-11+. The third kappa shape index (κ3) is 1.46. The summed E-state index contributed by atoms with van der Waals surface area (Å²) in [7, 11) is 0. The Labute approximate surface area is 107 Å². The van der Waals surface area contributed by atoms with Crippen molar-refractivity contribution in [3.05, 3.63) is 59.2 Å². The highest BCUT2D eigenvalue weighted by atomic mass is 16.4. The van der Waals surface area contributed by atoms with Crippen LogP contribution >= 0.6 is 0 Å². The maximum atomic E-state index is 8.86. The van der Waals surface area contributed by atoms with Crippen LogP contribution in [0.5, 0.6) is 0 Å². The lowest BCUT2D eigenvalue weighted by Gasteiger charge is -2.07. The van der Waals surface area contributed by atoms with Crippen LogP contribution in [-0.4, -0.2) is 10.9 Å². The summed E-state index contributed by atoms with van der Waals surface area (Å²) in [5.74, 6) is 0.405. The second-order valence-electron chi connectivity index (χ2n) is 4.80. The number of benzene rings is 2. The molecule has 2 aromatic carbocycles. The fourth-order valence-electron chi connectivity index (χ4n) is 2.74. The molecule has 90 valence electrons. The van der Waals surface area contributed by atoms with E-state index in [2.05, 4.69) is 48.5 Å². The van der Waals surface area contributed by atoms with Crippen molar-refractivity contribution < 1.29 is 5.21 Å². The maximum Gasteiger partial charge on any atom is 0.0837 e. The molecule has 0 heterocycles. The summed E-state index contributed by atoms with van der Waals surface area (Å²) in [5.41, 5.74) is 6.95. The number of hydrogen-bond acceptors (Lipinski definition) is 2. The summed E-state index contributed by atoms with van der Waals surface area (Å²) in [5, 5.41) is 12.1. The van der Waals surface area contributed by atoms with Gasteiger partial charge in [-0.05, 0) is 40.8 Å². The zero-order chi connectivity index (χ0) is 12.7. The van der Waals surface area contributed by atoms with Crippen molar-refractivity contribution in [2.45, 2.75) is 19.8 Å². The smallest absolute Gasteiger partial charge is 0.0837 e. The minimum atomic E-state index is 0.405. The summed E-state index contributed by atoms with van der Waals surface area (Å²) in [6, 6.07) is 14.8. The lowest BCUT2D eigenvalue weighted by Crippen LogP contribution is -1.97. The lowest BCUT2D eigenvalue weighted by molar-refractivity contribution is 0.319. The van der Waals surface area contributed by atoms with Gasteiger partial charge in [0.1, 0.15) is 0 Å². The molecule has 0 aromatic heterocycles. The first-order valence-electron chi connectivity index (χ1n) is 6.14. The molecule has 1 N–H and O–H groups in total. The number of hydrogen-bond donors (Lipinski definition) is 1. The molecule has 0 bridgehead atoms. The molecule has 0 radical (unpaired) electrons. The average Bonchev–Trinajstić information content (AvgIpc) is 2.72. The molecule has 0 amide bonds. The van der Waals surface area contributed by atoms with Gasteiger partial charge in [-0.3, -0.25) is 0 Å². The van der Waals surface area contributed by atoms with Crippen molar-refractivity contribution >= 4 is 5.71 Å². The van der Waals surface area contributed by atoms with E-state index in [1.807, 2.05) is 13.0 Å². The van der Waals surface area contributed by atoms with Crippen molar-refractivity contribution in [3.63, 3.8) is 0 Å². The molecule has 2 aromatic rings. The average molecular weight is 237 g/mol. The Kier molecular flexibility index (Phi) is 2.44. The van der Waals surface area contributed by atoms with Crippen LogP contribution in [0.3, 0.4) is 0 Å². The van der Waals surface area contributed by atoms with Gasteiger partial charge in [0.2, 0.25) is 0 Å². The van der Waals surface area contributed by atoms with Gasteiger partial charge < -0.3 is 5.21 Å². The molecule has 0 saturated heterocycles. The summed E-state index contributed by atoms with van der Waals surface area (Å²) in [6.07, 6.45) is 0. The molecule has 0 fully saturated rings. The second-order valence-corrected chi connectivity index (χ2v) is 4.80. The van der Waals surface area contributed by atoms with Crippen LogP contribution in [0.15, 0.2) is 47.6 Å². The largest absolute Gasteiger partial charge is 0.411 e. The van der Waals surface area contributed by atoms with E-state index in [4.69, 9.17) is 5.21 Å². The van der Waals surface area contributed by atoms with E-state index >= 15 is 0 Å². The van der Waals surface area contributed by atoms with Gasteiger partial charge in [-0.15, -0.1) is 0 Å². The normalized spacial score (nSPS) is 17.4. The Hall–Kier alpha value is -2.09. The Morgan fingerprint density at radius 2 is 1.78 bits per heavy atom. The minimum Gasteiger partial charge on any atom is -0.411 e. The molecule has 1 aliphatic rings. The molecular formula is C16H15NO. The molecule has 2 nitrogen and oxygen atoms in total. The topological polar surface area (TPSA) is 32.6 Å². The number of nitrogens with zero attached hydrogens (tertiary/aromatic N) is 1. The van der Waals surface area contributed by atoms with Gasteiger partial charge in [0.25, 0.3) is 0 Å². The molecular weight excluding hydrogens is 222 g/mol. The van der Waals surface area contributed by atoms with Gasteiger partial charge in [-0.1, -0.05) is 48.5 Å². The Morgan fingerprint density at radius 3 is 2.56 bits per heavy atom. The predicted octanol–water partition coefficient (Wildman–Crippen LogP) is 4.02. The van der Waals surface area contributed by atoms with E-state index in [1.165, 1.54) is 22.3 Å². The molecule has 1 aliphatic carbocycles. The number of fused-ring (bicyclic) bond motifs is 3. The lowest BCUT2D eigenvalue weighted by atomic mass is 9.97. The highest BCUT2D eigenvalue weighted by molar-refractivity contribution is 5.99. The molecule has 18 heavy (non-hydrogen) atoms. The van der Waals surface area contributed by atoms with E-state index in [0.29, 0.717) is 11.6 Å². The highest BCUT2D eigenvalue weighted by Crippen LogP contribution is 2.44. The van der Waals surface area contributed by atoms with Crippen LogP contribution in [0.4, 0.5) is 0 Å². The molecule has 0 spiro atoms. The first-order chi connectivity index (χ1) is 8.72. The Morgan fingerprint density at radius 1 is 1.06 bits per heavy atom. The zero-order valence-electron chi connectivity index (χ0n) is 10.5. The van der Waals surface area contributed by atoms with Gasteiger partial charge >= 0.3 is 0 Å². The van der Waals surface area contributed by atoms with Crippen molar-refractivity contribution in [1.29, 1.82) is 0 Å². The van der Waals surface area contributed by atoms with Gasteiger partial charge in [-0.2, -0.15) is 0 Å². The zero-order valence-corrected chi connectivity index (χ0v) is 10.5. The quantitative estimate of drug-likeness (QED) is 0.453. The Bertz CT molecular complexity index is 643. The van der Waals surface area contributed by atoms with Crippen LogP contribution in [0, 0.1) is 0 Å². The van der Waals surface area contributed by atoms with Crippen molar-refractivity contribution in [2.24, 2.45) is 5.16 Å². The Balaban J connectivity index is 2.20. The van der Waals surface area contributed by atoms with Crippen molar-refractivity contribution in [3.8, 4) is 11.1 Å². The first kappa shape index (κ1) is 11.0. The van der Waals surface area contributed by atoms with Gasteiger partial charge in [0, 0.05) is 5.92 Å². The second kappa shape index (κ2) is 3.98.